The fourth-order valence-corrected chi connectivity index (χ4v) is 4.95. The van der Waals surface area contributed by atoms with Crippen LogP contribution in [0.3, 0.4) is 0 Å². The molecule has 0 atom stereocenters. The molecule has 0 aliphatic heterocycles. The average Bonchev–Trinajstić information content (AvgIpc) is 3.48. The lowest BCUT2D eigenvalue weighted by molar-refractivity contribution is 0.104. The van der Waals surface area contributed by atoms with Crippen LogP contribution in [0.15, 0.2) is 97.3 Å². The van der Waals surface area contributed by atoms with Gasteiger partial charge in [-0.1, -0.05) is 59.6 Å². The van der Waals surface area contributed by atoms with Crippen LogP contribution in [-0.2, 0) is 0 Å². The molecule has 6 aromatic rings. The summed E-state index contributed by atoms with van der Waals surface area (Å²) in [6, 6.07) is 26.9. The highest BCUT2D eigenvalue weighted by Crippen LogP contribution is 2.37. The molecule has 0 saturated carbocycles. The van der Waals surface area contributed by atoms with Gasteiger partial charge in [0, 0.05) is 66.5 Å². The van der Waals surface area contributed by atoms with Crippen LogP contribution in [0.4, 0.5) is 0 Å². The van der Waals surface area contributed by atoms with Crippen molar-refractivity contribution in [3.8, 4) is 22.3 Å². The fourth-order valence-electron chi connectivity index (χ4n) is 4.61. The second kappa shape index (κ2) is 8.21. The Hall–Kier alpha value is -3.79. The fraction of sp³-hybridized carbons (Fsp3) is 0. The molecule has 0 spiro atoms. The Labute approximate surface area is 206 Å². The first-order valence-electron chi connectivity index (χ1n) is 10.9. The first-order valence-corrected chi connectivity index (χ1v) is 11.6. The number of para-hydroxylation sites is 2. The Morgan fingerprint density at radius 3 is 1.47 bits per heavy atom. The number of aromatic nitrogens is 2. The molecule has 0 amide bonds. The predicted molar refractivity (Wildman–Crippen MR) is 141 cm³/mol. The van der Waals surface area contributed by atoms with Crippen LogP contribution in [0.1, 0.15) is 15.9 Å². The van der Waals surface area contributed by atoms with Gasteiger partial charge < -0.3 is 9.97 Å². The minimum Gasteiger partial charge on any atom is -0.361 e. The molecule has 0 aliphatic carbocycles. The topological polar surface area (TPSA) is 48.6 Å². The van der Waals surface area contributed by atoms with Crippen LogP contribution in [0.25, 0.3) is 44.1 Å². The molecule has 2 aromatic heterocycles. The molecule has 2 heterocycles. The Kier molecular flexibility index (Phi) is 5.02. The minimum absolute atomic E-state index is 0.0890. The van der Waals surface area contributed by atoms with Gasteiger partial charge in [-0.15, -0.1) is 0 Å². The monoisotopic (exact) mass is 480 g/mol. The summed E-state index contributed by atoms with van der Waals surface area (Å²) in [6.45, 7) is 0. The highest BCUT2D eigenvalue weighted by molar-refractivity contribution is 6.32. The first-order chi connectivity index (χ1) is 16.6. The zero-order chi connectivity index (χ0) is 23.2. The maximum absolute atomic E-state index is 14.1. The molecular formula is C29H18Cl2N2O. The second-order valence-electron chi connectivity index (χ2n) is 8.20. The van der Waals surface area contributed by atoms with Crippen molar-refractivity contribution in [2.75, 3.05) is 0 Å². The maximum atomic E-state index is 14.1. The summed E-state index contributed by atoms with van der Waals surface area (Å²) in [5.74, 6) is -0.0890. The van der Waals surface area contributed by atoms with Crippen molar-refractivity contribution in [2.24, 2.45) is 0 Å². The average molecular weight is 481 g/mol. The van der Waals surface area contributed by atoms with E-state index in [-0.39, 0.29) is 5.78 Å². The Bertz CT molecular complexity index is 1590. The summed E-state index contributed by atoms with van der Waals surface area (Å²) < 4.78 is 0. The van der Waals surface area contributed by atoms with E-state index in [4.69, 9.17) is 23.2 Å². The third-order valence-electron chi connectivity index (χ3n) is 6.21. The molecule has 0 bridgehead atoms. The van der Waals surface area contributed by atoms with Crippen molar-refractivity contribution < 1.29 is 4.79 Å². The zero-order valence-electron chi connectivity index (χ0n) is 17.9. The van der Waals surface area contributed by atoms with Crippen molar-refractivity contribution in [1.82, 2.24) is 9.97 Å². The highest BCUT2D eigenvalue weighted by Gasteiger charge is 2.22. The molecule has 2 N–H and O–H groups in total. The number of nitrogens with one attached hydrogen (secondary N) is 2. The largest absolute Gasteiger partial charge is 0.361 e. The summed E-state index contributed by atoms with van der Waals surface area (Å²) in [5, 5.41) is 3.22. The lowest BCUT2D eigenvalue weighted by Crippen LogP contribution is -2.05. The minimum atomic E-state index is -0.0890. The lowest BCUT2D eigenvalue weighted by Gasteiger charge is -2.13. The van der Waals surface area contributed by atoms with E-state index < -0.39 is 0 Å². The summed E-state index contributed by atoms with van der Waals surface area (Å²) in [4.78, 5) is 20.7. The Morgan fingerprint density at radius 1 is 0.559 bits per heavy atom. The molecule has 5 heteroatoms. The molecule has 0 unspecified atom stereocenters. The van der Waals surface area contributed by atoms with Crippen LogP contribution < -0.4 is 0 Å². The molecule has 0 aliphatic rings. The van der Waals surface area contributed by atoms with E-state index in [2.05, 4.69) is 9.97 Å². The number of halogens is 2. The number of hydrogen-bond acceptors (Lipinski definition) is 1. The molecule has 0 saturated heterocycles. The summed E-state index contributed by atoms with van der Waals surface area (Å²) in [5.41, 5.74) is 6.61. The molecular weight excluding hydrogens is 463 g/mol. The molecule has 0 fully saturated rings. The summed E-state index contributed by atoms with van der Waals surface area (Å²) in [7, 11) is 0. The van der Waals surface area contributed by atoms with Crippen LogP contribution in [0.2, 0.25) is 10.0 Å². The van der Waals surface area contributed by atoms with E-state index in [0.29, 0.717) is 21.2 Å². The van der Waals surface area contributed by atoms with Crippen LogP contribution >= 0.6 is 23.2 Å². The van der Waals surface area contributed by atoms with Crippen molar-refractivity contribution >= 4 is 50.8 Å². The normalized spacial score (nSPS) is 11.4. The molecule has 0 radical (unpaired) electrons. The van der Waals surface area contributed by atoms with Gasteiger partial charge in [0.15, 0.2) is 5.78 Å². The third-order valence-corrected chi connectivity index (χ3v) is 6.68. The van der Waals surface area contributed by atoms with E-state index in [0.717, 1.165) is 44.1 Å². The summed E-state index contributed by atoms with van der Waals surface area (Å²) in [6.07, 6.45) is 3.85. The highest BCUT2D eigenvalue weighted by atomic mass is 35.5. The van der Waals surface area contributed by atoms with Crippen LogP contribution in [0.5, 0.6) is 0 Å². The quantitative estimate of drug-likeness (QED) is 0.244. The van der Waals surface area contributed by atoms with Crippen molar-refractivity contribution in [2.45, 2.75) is 0 Å². The number of hydrogen-bond donors (Lipinski definition) is 2. The van der Waals surface area contributed by atoms with Crippen LogP contribution in [0, 0.1) is 0 Å². The van der Waals surface area contributed by atoms with Gasteiger partial charge in [0.05, 0.1) is 0 Å². The van der Waals surface area contributed by atoms with Gasteiger partial charge in [-0.25, -0.2) is 0 Å². The van der Waals surface area contributed by atoms with E-state index >= 15 is 0 Å². The number of rotatable bonds is 4. The van der Waals surface area contributed by atoms with E-state index in [1.807, 2.05) is 73.1 Å². The number of fused-ring (bicyclic) bond motifs is 2. The van der Waals surface area contributed by atoms with Gasteiger partial charge >= 0.3 is 0 Å². The Morgan fingerprint density at radius 2 is 1.00 bits per heavy atom. The van der Waals surface area contributed by atoms with Gasteiger partial charge in [-0.3, -0.25) is 4.79 Å². The standard InChI is InChI=1S/C29H18Cl2N2O/c30-17-9-11-21(23(13-17)25-15-32-27-7-3-1-5-19(25)27)29(34)22-12-10-18(31)14-24(22)26-16-33-28-8-4-2-6-20(26)28/h1-16,32-33H. The number of ketones is 1. The number of benzene rings is 4. The summed E-state index contributed by atoms with van der Waals surface area (Å²) >= 11 is 12.8. The van der Waals surface area contributed by atoms with Gasteiger partial charge in [-0.05, 0) is 59.7 Å². The second-order valence-corrected chi connectivity index (χ2v) is 9.08. The van der Waals surface area contributed by atoms with E-state index in [1.165, 1.54) is 0 Å². The molecule has 6 rings (SSSR count). The number of aromatic amines is 2. The van der Waals surface area contributed by atoms with E-state index in [1.54, 1.807) is 24.3 Å². The number of H-pyrrole nitrogens is 2. The Balaban J connectivity index is 1.56. The number of carbonyl (C=O) groups is 1. The SMILES string of the molecule is O=C(c1ccc(Cl)cc1-c1c[nH]c2ccccc12)c1ccc(Cl)cc1-c1c[nH]c2ccccc12. The van der Waals surface area contributed by atoms with Crippen molar-refractivity contribution in [3.05, 3.63) is 118 Å². The van der Waals surface area contributed by atoms with Gasteiger partial charge in [0.1, 0.15) is 0 Å². The first kappa shape index (κ1) is 20.8. The number of carbonyl (C=O) groups excluding carboxylic acids is 1. The van der Waals surface area contributed by atoms with Crippen molar-refractivity contribution in [1.29, 1.82) is 0 Å². The van der Waals surface area contributed by atoms with Gasteiger partial charge in [0.25, 0.3) is 0 Å². The molecule has 34 heavy (non-hydrogen) atoms. The van der Waals surface area contributed by atoms with E-state index in [9.17, 15) is 4.79 Å². The van der Waals surface area contributed by atoms with Crippen molar-refractivity contribution in [3.63, 3.8) is 0 Å². The van der Waals surface area contributed by atoms with Gasteiger partial charge in [-0.2, -0.15) is 0 Å². The van der Waals surface area contributed by atoms with Gasteiger partial charge in [0.2, 0.25) is 0 Å². The third kappa shape index (κ3) is 3.41. The molecule has 164 valence electrons. The lowest BCUT2D eigenvalue weighted by atomic mass is 9.89. The smallest absolute Gasteiger partial charge is 0.194 e. The molecule has 4 aromatic carbocycles. The molecule has 3 nitrogen and oxygen atoms in total. The predicted octanol–water partition coefficient (Wildman–Crippen LogP) is 8.52. The maximum Gasteiger partial charge on any atom is 0.194 e. The van der Waals surface area contributed by atoms with Crippen LogP contribution in [-0.4, -0.2) is 15.8 Å². The zero-order valence-corrected chi connectivity index (χ0v) is 19.4.